The predicted octanol–water partition coefficient (Wildman–Crippen LogP) is 17.2. The Kier molecular flexibility index (Phi) is 14.8. The van der Waals surface area contributed by atoms with Gasteiger partial charge in [0.25, 0.3) is 0 Å². The molecular weight excluding hydrogens is 1030 g/mol. The number of nitrogens with zero attached hydrogens (tertiary/aromatic N) is 2. The number of pyridine rings is 2. The maximum absolute atomic E-state index is 11.5. The first-order chi connectivity index (χ1) is 32.6. The van der Waals surface area contributed by atoms with Crippen LogP contribution in [-0.2, 0) is 40.5 Å². The molecule has 0 fully saturated rings. The van der Waals surface area contributed by atoms with Gasteiger partial charge in [0.15, 0.2) is 0 Å². The van der Waals surface area contributed by atoms with Gasteiger partial charge in [0, 0.05) is 43.3 Å². The first kappa shape index (κ1) is 51.5. The minimum absolute atomic E-state index is 0. The summed E-state index contributed by atoms with van der Waals surface area (Å²) in [6.45, 7) is 24.6. The summed E-state index contributed by atoms with van der Waals surface area (Å²) in [5.41, 5.74) is 6.27. The number of hydrogen-bond acceptors (Lipinski definition) is 4. The molecule has 0 N–H and O–H groups in total. The fourth-order valence-electron chi connectivity index (χ4n) is 8.74. The maximum atomic E-state index is 11.5. The molecule has 2 heterocycles. The van der Waals surface area contributed by atoms with Crippen molar-refractivity contribution in [1.29, 1.82) is 0 Å². The van der Waals surface area contributed by atoms with Crippen molar-refractivity contribution in [2.75, 3.05) is 0 Å². The van der Waals surface area contributed by atoms with Gasteiger partial charge in [-0.15, -0.1) is 71.8 Å². The van der Waals surface area contributed by atoms with Gasteiger partial charge in [0.1, 0.15) is 11.6 Å². The van der Waals surface area contributed by atoms with E-state index in [9.17, 15) is 9.59 Å². The van der Waals surface area contributed by atoms with Crippen LogP contribution in [0.2, 0.25) is 0 Å². The maximum Gasteiger partial charge on any atom is 0.145 e. The minimum Gasteiger partial charge on any atom is -0.304 e. The van der Waals surface area contributed by atoms with Crippen molar-refractivity contribution in [2.24, 2.45) is 10.8 Å². The number of Topliss-reactive ketones (excluding diaryl/α,β-unsaturated/α-hetero) is 2. The Balaban J connectivity index is 0.000000165. The molecule has 0 aliphatic rings. The summed E-state index contributed by atoms with van der Waals surface area (Å²) in [6, 6.07) is 58.6. The number of carbonyl (C=O) groups is 2. The van der Waals surface area contributed by atoms with Crippen LogP contribution in [0.15, 0.2) is 158 Å². The fourth-order valence-corrected chi connectivity index (χ4v) is 8.74. The van der Waals surface area contributed by atoms with Crippen LogP contribution in [0.5, 0.6) is 0 Å². The van der Waals surface area contributed by atoms with Crippen LogP contribution < -0.4 is 0 Å². The second kappa shape index (κ2) is 20.1. The van der Waals surface area contributed by atoms with Crippen LogP contribution in [0.3, 0.4) is 0 Å². The molecule has 0 spiro atoms. The first-order valence-electron chi connectivity index (χ1n) is 24.1. The van der Waals surface area contributed by atoms with E-state index in [0.29, 0.717) is 0 Å². The Morgan fingerprint density at radius 2 is 0.729 bits per heavy atom. The molecule has 1 radical (unpaired) electrons. The van der Waals surface area contributed by atoms with Gasteiger partial charge in [-0.2, -0.15) is 0 Å². The van der Waals surface area contributed by atoms with E-state index in [2.05, 4.69) is 173 Å². The summed E-state index contributed by atoms with van der Waals surface area (Å²) in [7, 11) is 0. The van der Waals surface area contributed by atoms with Gasteiger partial charge >= 0.3 is 0 Å². The first-order valence-corrected chi connectivity index (χ1v) is 24.1. The second-order valence-corrected chi connectivity index (χ2v) is 22.4. The molecule has 2 aromatic heterocycles. The van der Waals surface area contributed by atoms with Gasteiger partial charge in [-0.1, -0.05) is 168 Å². The van der Waals surface area contributed by atoms with E-state index in [1.54, 1.807) is 0 Å². The number of carbonyl (C=O) groups excluding carboxylic acids is 2. The number of fused-ring (bicyclic) bond motifs is 10. The monoisotopic (exact) mass is 1100 g/mol. The van der Waals surface area contributed by atoms with Crippen LogP contribution in [0.4, 0.5) is 0 Å². The van der Waals surface area contributed by atoms with Crippen molar-refractivity contribution < 1.29 is 29.7 Å². The molecule has 0 amide bonds. The molecule has 4 nitrogen and oxygen atoms in total. The van der Waals surface area contributed by atoms with Crippen molar-refractivity contribution in [1.82, 2.24) is 9.97 Å². The van der Waals surface area contributed by atoms with Crippen LogP contribution >= 0.6 is 0 Å². The molecule has 0 aliphatic heterocycles. The van der Waals surface area contributed by atoms with Gasteiger partial charge in [0.2, 0.25) is 0 Å². The molecule has 0 unspecified atom stereocenters. The average molecular weight is 1100 g/mol. The summed E-state index contributed by atoms with van der Waals surface area (Å²) in [6.07, 6.45) is 3.88. The van der Waals surface area contributed by atoms with E-state index in [1.165, 1.54) is 75.8 Å². The van der Waals surface area contributed by atoms with E-state index >= 15 is 0 Å². The molecule has 0 saturated heterocycles. The molecule has 0 bridgehead atoms. The summed E-state index contributed by atoms with van der Waals surface area (Å²) in [5, 5.41) is 15.1. The molecule has 10 rings (SSSR count). The normalized spacial score (nSPS) is 12.1. The quantitative estimate of drug-likeness (QED) is 0.100. The zero-order valence-corrected chi connectivity index (χ0v) is 45.2. The molecule has 0 saturated carbocycles. The fraction of sp³-hybridized carbons (Fsp3) is 0.262. The van der Waals surface area contributed by atoms with Crippen molar-refractivity contribution >= 4 is 76.2 Å². The zero-order chi connectivity index (χ0) is 49.5. The van der Waals surface area contributed by atoms with Crippen molar-refractivity contribution in [3.63, 3.8) is 0 Å². The van der Waals surface area contributed by atoms with E-state index in [1.807, 2.05) is 90.3 Å². The summed E-state index contributed by atoms with van der Waals surface area (Å²) in [5.74, 6) is 0.0415. The molecule has 0 aliphatic carbocycles. The third-order valence-electron chi connectivity index (χ3n) is 13.2. The molecule has 357 valence electrons. The Hall–Kier alpha value is -6.39. The Morgan fingerprint density at radius 3 is 1.07 bits per heavy atom. The van der Waals surface area contributed by atoms with Crippen LogP contribution in [0.1, 0.15) is 101 Å². The van der Waals surface area contributed by atoms with Gasteiger partial charge in [-0.25, -0.2) is 0 Å². The molecule has 70 heavy (non-hydrogen) atoms. The van der Waals surface area contributed by atoms with E-state index in [4.69, 9.17) is 0 Å². The van der Waals surface area contributed by atoms with Crippen LogP contribution in [0.25, 0.3) is 87.1 Å². The Bertz CT molecular complexity index is 3300. The average Bonchev–Trinajstić information content (AvgIpc) is 3.32. The summed E-state index contributed by atoms with van der Waals surface area (Å²) in [4.78, 5) is 32.3. The van der Waals surface area contributed by atoms with Crippen molar-refractivity contribution in [3.05, 3.63) is 181 Å². The van der Waals surface area contributed by atoms with E-state index in [0.717, 1.165) is 22.5 Å². The number of aromatic nitrogens is 2. The molecular formula is C65H64IrN2O2-2. The Morgan fingerprint density at radius 1 is 0.400 bits per heavy atom. The standard InChI is InChI=1S/2C27H22N.C11H20O2.Ir/c2*1-27(2,3)20-10-12-21-19(17-20)9-11-23-22(21)13-14-25-24(23)15-16-28-26(25)18-7-5-4-6-8-18;1-10(2,3)8(12)7-9(13)11(4,5)6;/h2*4-7,9-17H,1-3H3;7H2,1-6H3;/q2*-1;;. The number of benzene rings is 8. The largest absolute Gasteiger partial charge is 0.304 e. The molecule has 0 atom stereocenters. The summed E-state index contributed by atoms with van der Waals surface area (Å²) < 4.78 is 0. The van der Waals surface area contributed by atoms with Gasteiger partial charge in [0.05, 0.1) is 6.42 Å². The minimum atomic E-state index is -0.402. The summed E-state index contributed by atoms with van der Waals surface area (Å²) >= 11 is 0. The zero-order valence-electron chi connectivity index (χ0n) is 42.8. The number of rotatable bonds is 4. The van der Waals surface area contributed by atoms with Gasteiger partial charge < -0.3 is 9.97 Å². The third kappa shape index (κ3) is 11.0. The predicted molar refractivity (Wildman–Crippen MR) is 293 cm³/mol. The van der Waals surface area contributed by atoms with Crippen molar-refractivity contribution in [3.8, 4) is 22.5 Å². The Labute approximate surface area is 428 Å². The molecule has 10 aromatic rings. The van der Waals surface area contributed by atoms with Crippen LogP contribution in [-0.4, -0.2) is 21.5 Å². The van der Waals surface area contributed by atoms with Gasteiger partial charge in [-0.05, 0) is 110 Å². The smallest absolute Gasteiger partial charge is 0.145 e. The third-order valence-corrected chi connectivity index (χ3v) is 13.2. The number of hydrogen-bond donors (Lipinski definition) is 0. The van der Waals surface area contributed by atoms with Gasteiger partial charge in [-0.3, -0.25) is 9.59 Å². The molecule has 5 heteroatoms. The van der Waals surface area contributed by atoms with E-state index in [-0.39, 0.29) is 48.9 Å². The van der Waals surface area contributed by atoms with E-state index < -0.39 is 10.8 Å². The molecule has 8 aromatic carbocycles. The van der Waals surface area contributed by atoms with Crippen molar-refractivity contribution in [2.45, 2.75) is 100 Å². The SMILES string of the molecule is CC(C)(C)C(=O)CC(=O)C(C)(C)C.CC(C)(C)c1ccc2c(ccc3c4ccnc(-c5[c-]cccc5)c4ccc23)c1.CC(C)(C)c1ccc2c(ccc3c4ccnc(-c5[c-]cccc5)c4ccc23)c1.[Ir]. The van der Waals surface area contributed by atoms with Crippen LogP contribution in [0, 0.1) is 23.0 Å². The number of ketones is 2. The topological polar surface area (TPSA) is 59.9 Å². The second-order valence-electron chi connectivity index (χ2n) is 22.4.